The number of hydrogen-bond acceptors (Lipinski definition) is 6. The van der Waals surface area contributed by atoms with E-state index in [-0.39, 0.29) is 6.61 Å². The van der Waals surface area contributed by atoms with Gasteiger partial charge in [-0.25, -0.2) is 4.79 Å². The Kier molecular flexibility index (Phi) is 19.7. The van der Waals surface area contributed by atoms with Gasteiger partial charge in [0, 0.05) is 6.61 Å². The van der Waals surface area contributed by atoms with Crippen molar-refractivity contribution in [2.45, 2.75) is 32.8 Å². The molecule has 0 aliphatic heterocycles. The lowest BCUT2D eigenvalue weighted by molar-refractivity contribution is -0.145. The fraction of sp³-hybridized carbons (Fsp3) is 0.923. The molecule has 0 aliphatic carbocycles. The monoisotopic (exact) mass is 296 g/mol. The van der Waals surface area contributed by atoms with Crippen molar-refractivity contribution in [3.8, 4) is 0 Å². The first-order valence-electron chi connectivity index (χ1n) is 6.81. The predicted molar refractivity (Wildman–Crippen MR) is 73.8 cm³/mol. The lowest BCUT2D eigenvalue weighted by Crippen LogP contribution is -2.13. The lowest BCUT2D eigenvalue weighted by Gasteiger charge is -2.05. The van der Waals surface area contributed by atoms with E-state index in [1.165, 1.54) is 6.92 Å². The zero-order valence-electron chi connectivity index (χ0n) is 12.4. The number of carboxylic acid groups (broad SMARTS) is 1. The second-order valence-electron chi connectivity index (χ2n) is 3.93. The molecule has 0 rings (SSSR count). The molecule has 3 N–H and O–H groups in total. The van der Waals surface area contributed by atoms with Gasteiger partial charge in [0.2, 0.25) is 0 Å². The molecular formula is C13H28O7. The van der Waals surface area contributed by atoms with E-state index in [1.54, 1.807) is 0 Å². The van der Waals surface area contributed by atoms with Gasteiger partial charge in [-0.3, -0.25) is 0 Å². The van der Waals surface area contributed by atoms with Crippen LogP contribution in [-0.4, -0.2) is 73.6 Å². The van der Waals surface area contributed by atoms with E-state index < -0.39 is 12.1 Å². The van der Waals surface area contributed by atoms with Gasteiger partial charge in [0.25, 0.3) is 0 Å². The number of unbranched alkanes of at least 4 members (excludes halogenated alkanes) is 1. The molecule has 0 saturated carbocycles. The maximum atomic E-state index is 9.45. The van der Waals surface area contributed by atoms with E-state index in [4.69, 9.17) is 29.5 Å². The summed E-state index contributed by atoms with van der Waals surface area (Å²) < 4.78 is 15.5. The highest BCUT2D eigenvalue weighted by Gasteiger charge is 2.01. The molecule has 0 bridgehead atoms. The first-order valence-corrected chi connectivity index (χ1v) is 6.81. The minimum absolute atomic E-state index is 0.0696. The molecule has 0 spiro atoms. The number of aliphatic hydroxyl groups excluding tert-OH is 2. The average Bonchev–Trinajstić information content (AvgIpc) is 2.41. The summed E-state index contributed by atoms with van der Waals surface area (Å²) in [6.07, 6.45) is 1.04. The molecule has 0 radical (unpaired) electrons. The zero-order chi connectivity index (χ0) is 15.6. The van der Waals surface area contributed by atoms with Crippen LogP contribution in [-0.2, 0) is 19.0 Å². The SMILES string of the molecule is CC(O)C(=O)O.CCCCOCCOCCOCCO. The summed E-state index contributed by atoms with van der Waals surface area (Å²) in [7, 11) is 0. The number of carbonyl (C=O) groups is 1. The van der Waals surface area contributed by atoms with Crippen molar-refractivity contribution in [3.05, 3.63) is 0 Å². The average molecular weight is 296 g/mol. The van der Waals surface area contributed by atoms with Gasteiger partial charge in [-0.15, -0.1) is 0 Å². The number of aliphatic carboxylic acids is 1. The maximum Gasteiger partial charge on any atom is 0.332 e. The molecule has 7 nitrogen and oxygen atoms in total. The van der Waals surface area contributed by atoms with Crippen LogP contribution in [0.1, 0.15) is 26.7 Å². The van der Waals surface area contributed by atoms with Crippen molar-refractivity contribution < 1.29 is 34.3 Å². The Labute approximate surface area is 120 Å². The summed E-state index contributed by atoms with van der Waals surface area (Å²) in [6.45, 7) is 6.98. The Morgan fingerprint density at radius 2 is 1.40 bits per heavy atom. The van der Waals surface area contributed by atoms with Gasteiger partial charge in [-0.2, -0.15) is 0 Å². The summed E-state index contributed by atoms with van der Waals surface area (Å²) in [5, 5.41) is 24.2. The third kappa shape index (κ3) is 22.5. The highest BCUT2D eigenvalue weighted by atomic mass is 16.5. The van der Waals surface area contributed by atoms with Gasteiger partial charge in [0.05, 0.1) is 39.6 Å². The van der Waals surface area contributed by atoms with Crippen molar-refractivity contribution in [2.24, 2.45) is 0 Å². The molecule has 7 heteroatoms. The first kappa shape index (κ1) is 21.6. The van der Waals surface area contributed by atoms with Gasteiger partial charge in [0.15, 0.2) is 0 Å². The van der Waals surface area contributed by atoms with E-state index >= 15 is 0 Å². The molecule has 0 aliphatic rings. The van der Waals surface area contributed by atoms with E-state index in [2.05, 4.69) is 6.92 Å². The van der Waals surface area contributed by atoms with Crippen LogP contribution in [0, 0.1) is 0 Å². The standard InChI is InChI=1S/C10H22O4.C3H6O3/c1-2-3-5-12-7-9-14-10-8-13-6-4-11;1-2(4)3(5)6/h11H,2-10H2,1H3;2,4H,1H3,(H,5,6). The number of ether oxygens (including phenoxy) is 3. The fourth-order valence-electron chi connectivity index (χ4n) is 0.853. The summed E-state index contributed by atoms with van der Waals surface area (Å²) in [4.78, 5) is 9.45. The molecular weight excluding hydrogens is 268 g/mol. The second-order valence-corrected chi connectivity index (χ2v) is 3.93. The van der Waals surface area contributed by atoms with Crippen LogP contribution in [0.4, 0.5) is 0 Å². The Bertz CT molecular complexity index is 185. The van der Waals surface area contributed by atoms with Crippen LogP contribution in [0.25, 0.3) is 0 Å². The Hall–Kier alpha value is -0.730. The smallest absolute Gasteiger partial charge is 0.332 e. The Morgan fingerprint density at radius 3 is 1.75 bits per heavy atom. The lowest BCUT2D eigenvalue weighted by atomic mass is 10.4. The number of carboxylic acids is 1. The van der Waals surface area contributed by atoms with E-state index in [0.717, 1.165) is 19.4 Å². The summed E-state index contributed by atoms with van der Waals surface area (Å²) >= 11 is 0. The second kappa shape index (κ2) is 18.3. The third-order valence-electron chi connectivity index (χ3n) is 1.98. The molecule has 0 aromatic rings. The van der Waals surface area contributed by atoms with Crippen molar-refractivity contribution in [1.82, 2.24) is 0 Å². The van der Waals surface area contributed by atoms with Crippen LogP contribution in [0.2, 0.25) is 0 Å². The van der Waals surface area contributed by atoms with Crippen molar-refractivity contribution in [1.29, 1.82) is 0 Å². The first-order chi connectivity index (χ1) is 9.56. The quantitative estimate of drug-likeness (QED) is 0.444. The molecule has 1 atom stereocenters. The zero-order valence-corrected chi connectivity index (χ0v) is 12.4. The van der Waals surface area contributed by atoms with Gasteiger partial charge >= 0.3 is 5.97 Å². The van der Waals surface area contributed by atoms with Crippen LogP contribution in [0.5, 0.6) is 0 Å². The number of rotatable bonds is 12. The largest absolute Gasteiger partial charge is 0.479 e. The van der Waals surface area contributed by atoms with E-state index in [1.807, 2.05) is 0 Å². The minimum atomic E-state index is -1.23. The Morgan fingerprint density at radius 1 is 1.00 bits per heavy atom. The molecule has 0 saturated heterocycles. The molecule has 1 unspecified atom stereocenters. The van der Waals surface area contributed by atoms with Crippen LogP contribution >= 0.6 is 0 Å². The predicted octanol–water partition coefficient (Wildman–Crippen LogP) is 0.280. The van der Waals surface area contributed by atoms with E-state index in [9.17, 15) is 4.79 Å². The van der Waals surface area contributed by atoms with Crippen LogP contribution in [0.15, 0.2) is 0 Å². The summed E-state index contributed by atoms with van der Waals surface area (Å²) in [6, 6.07) is 0. The van der Waals surface area contributed by atoms with Crippen LogP contribution < -0.4 is 0 Å². The van der Waals surface area contributed by atoms with Crippen molar-refractivity contribution in [3.63, 3.8) is 0 Å². The Balaban J connectivity index is 0. The molecule has 20 heavy (non-hydrogen) atoms. The molecule has 0 aromatic heterocycles. The number of hydrogen-bond donors (Lipinski definition) is 3. The molecule has 0 fully saturated rings. The fourth-order valence-corrected chi connectivity index (χ4v) is 0.853. The summed E-state index contributed by atoms with van der Waals surface area (Å²) in [5.41, 5.74) is 0. The van der Waals surface area contributed by atoms with Crippen LogP contribution in [0.3, 0.4) is 0 Å². The molecule has 0 aromatic carbocycles. The molecule has 122 valence electrons. The number of aliphatic hydroxyl groups is 2. The third-order valence-corrected chi connectivity index (χ3v) is 1.98. The highest BCUT2D eigenvalue weighted by Crippen LogP contribution is 1.87. The topological polar surface area (TPSA) is 105 Å². The summed E-state index contributed by atoms with van der Waals surface area (Å²) in [5.74, 6) is -1.19. The van der Waals surface area contributed by atoms with E-state index in [0.29, 0.717) is 33.0 Å². The maximum absolute atomic E-state index is 9.45. The van der Waals surface area contributed by atoms with Crippen molar-refractivity contribution in [2.75, 3.05) is 46.2 Å². The minimum Gasteiger partial charge on any atom is -0.479 e. The normalized spacial score (nSPS) is 11.6. The van der Waals surface area contributed by atoms with Gasteiger partial charge in [0.1, 0.15) is 6.10 Å². The van der Waals surface area contributed by atoms with Gasteiger partial charge in [-0.05, 0) is 13.3 Å². The molecule has 0 heterocycles. The highest BCUT2D eigenvalue weighted by molar-refractivity contribution is 5.71. The molecule has 0 amide bonds. The van der Waals surface area contributed by atoms with Gasteiger partial charge in [-0.1, -0.05) is 13.3 Å². The van der Waals surface area contributed by atoms with Gasteiger partial charge < -0.3 is 29.5 Å². The van der Waals surface area contributed by atoms with Crippen molar-refractivity contribution >= 4 is 5.97 Å².